The van der Waals surface area contributed by atoms with Gasteiger partial charge in [-0.2, -0.15) is 0 Å². The van der Waals surface area contributed by atoms with Crippen molar-refractivity contribution in [2.24, 2.45) is 0 Å². The number of nitrogens with one attached hydrogen (secondary N) is 2. The molecule has 0 atom stereocenters. The zero-order chi connectivity index (χ0) is 16.2. The summed E-state index contributed by atoms with van der Waals surface area (Å²) in [5.41, 5.74) is 2.28. The van der Waals surface area contributed by atoms with Crippen LogP contribution in [0.1, 0.15) is 5.56 Å². The standard InChI is InChI=1S/C17H24N4O2/c1-20-7-9-21(10-8-20)17(22)18-6-5-13-12-19-16-4-3-14(23-2)11-15(13)16/h3-4,11-12,19H,5-10H2,1-2H3,(H,18,22). The van der Waals surface area contributed by atoms with Gasteiger partial charge < -0.3 is 24.8 Å². The van der Waals surface area contributed by atoms with Crippen molar-refractivity contribution in [2.45, 2.75) is 6.42 Å². The number of aromatic amines is 1. The van der Waals surface area contributed by atoms with Crippen molar-refractivity contribution < 1.29 is 9.53 Å². The Bertz CT molecular complexity index is 674. The van der Waals surface area contributed by atoms with Crippen LogP contribution in [0.15, 0.2) is 24.4 Å². The maximum absolute atomic E-state index is 12.2. The van der Waals surface area contributed by atoms with Gasteiger partial charge >= 0.3 is 6.03 Å². The van der Waals surface area contributed by atoms with Crippen LogP contribution in [-0.2, 0) is 6.42 Å². The fraction of sp³-hybridized carbons (Fsp3) is 0.471. The Morgan fingerprint density at radius 1 is 1.30 bits per heavy atom. The van der Waals surface area contributed by atoms with Crippen LogP contribution in [0.2, 0.25) is 0 Å². The minimum atomic E-state index is 0.0375. The van der Waals surface area contributed by atoms with Crippen molar-refractivity contribution in [3.63, 3.8) is 0 Å². The van der Waals surface area contributed by atoms with Crippen molar-refractivity contribution in [2.75, 3.05) is 46.9 Å². The summed E-state index contributed by atoms with van der Waals surface area (Å²) >= 11 is 0. The summed E-state index contributed by atoms with van der Waals surface area (Å²) in [6, 6.07) is 6.03. The quantitative estimate of drug-likeness (QED) is 0.902. The normalized spacial score (nSPS) is 15.8. The molecule has 1 fully saturated rings. The summed E-state index contributed by atoms with van der Waals surface area (Å²) in [4.78, 5) is 19.6. The van der Waals surface area contributed by atoms with Gasteiger partial charge in [0.1, 0.15) is 5.75 Å². The molecule has 1 aromatic heterocycles. The van der Waals surface area contributed by atoms with Crippen LogP contribution in [0.3, 0.4) is 0 Å². The Morgan fingerprint density at radius 3 is 2.83 bits per heavy atom. The number of ether oxygens (including phenoxy) is 1. The molecule has 1 aliphatic heterocycles. The second-order valence-electron chi connectivity index (χ2n) is 6.00. The molecule has 0 saturated carbocycles. The first-order valence-corrected chi connectivity index (χ1v) is 8.02. The monoisotopic (exact) mass is 316 g/mol. The van der Waals surface area contributed by atoms with E-state index >= 15 is 0 Å². The van der Waals surface area contributed by atoms with Crippen molar-refractivity contribution in [1.29, 1.82) is 0 Å². The number of urea groups is 1. The summed E-state index contributed by atoms with van der Waals surface area (Å²) in [5.74, 6) is 0.847. The average Bonchev–Trinajstić information content (AvgIpc) is 2.97. The number of hydrogen-bond donors (Lipinski definition) is 2. The van der Waals surface area contributed by atoms with Gasteiger partial charge in [0.2, 0.25) is 0 Å². The number of likely N-dealkylation sites (N-methyl/N-ethyl adjacent to an activating group) is 1. The van der Waals surface area contributed by atoms with Crippen LogP contribution in [-0.4, -0.2) is 67.7 Å². The van der Waals surface area contributed by atoms with Gasteiger partial charge in [0, 0.05) is 49.8 Å². The summed E-state index contributed by atoms with van der Waals surface area (Å²) in [5, 5.41) is 4.17. The highest BCUT2D eigenvalue weighted by molar-refractivity contribution is 5.84. The van der Waals surface area contributed by atoms with E-state index in [0.29, 0.717) is 6.54 Å². The van der Waals surface area contributed by atoms with Crippen LogP contribution >= 0.6 is 0 Å². The first-order chi connectivity index (χ1) is 11.2. The van der Waals surface area contributed by atoms with Gasteiger partial charge in [-0.05, 0) is 37.2 Å². The molecular formula is C17H24N4O2. The number of H-pyrrole nitrogens is 1. The highest BCUT2D eigenvalue weighted by Gasteiger charge is 2.18. The minimum Gasteiger partial charge on any atom is -0.497 e. The molecule has 0 radical (unpaired) electrons. The van der Waals surface area contributed by atoms with Gasteiger partial charge in [-0.25, -0.2) is 4.79 Å². The van der Waals surface area contributed by atoms with Gasteiger partial charge in [-0.1, -0.05) is 0 Å². The van der Waals surface area contributed by atoms with E-state index in [9.17, 15) is 4.79 Å². The highest BCUT2D eigenvalue weighted by Crippen LogP contribution is 2.23. The fourth-order valence-corrected chi connectivity index (χ4v) is 2.92. The predicted octanol–water partition coefficient (Wildman–Crippen LogP) is 1.68. The summed E-state index contributed by atoms with van der Waals surface area (Å²) in [6.45, 7) is 4.11. The molecular weight excluding hydrogens is 292 g/mol. The molecule has 2 heterocycles. The number of methoxy groups -OCH3 is 1. The number of benzene rings is 1. The first kappa shape index (κ1) is 15.7. The van der Waals surface area contributed by atoms with E-state index in [2.05, 4.69) is 22.2 Å². The molecule has 1 saturated heterocycles. The Hall–Kier alpha value is -2.21. The Balaban J connectivity index is 1.55. The first-order valence-electron chi connectivity index (χ1n) is 8.02. The van der Waals surface area contributed by atoms with E-state index in [1.165, 1.54) is 5.56 Å². The molecule has 0 bridgehead atoms. The van der Waals surface area contributed by atoms with Crippen LogP contribution in [0.4, 0.5) is 4.79 Å². The van der Waals surface area contributed by atoms with E-state index in [0.717, 1.165) is 49.3 Å². The second-order valence-corrected chi connectivity index (χ2v) is 6.00. The number of fused-ring (bicyclic) bond motifs is 1. The second kappa shape index (κ2) is 6.91. The lowest BCUT2D eigenvalue weighted by molar-refractivity contribution is 0.154. The average molecular weight is 316 g/mol. The molecule has 23 heavy (non-hydrogen) atoms. The van der Waals surface area contributed by atoms with E-state index in [1.807, 2.05) is 29.3 Å². The maximum Gasteiger partial charge on any atom is 0.317 e. The summed E-state index contributed by atoms with van der Waals surface area (Å²) in [6.07, 6.45) is 2.80. The number of carbonyl (C=O) groups excluding carboxylic acids is 1. The van der Waals surface area contributed by atoms with Crippen molar-refractivity contribution in [1.82, 2.24) is 20.1 Å². The molecule has 6 nitrogen and oxygen atoms in total. The summed E-state index contributed by atoms with van der Waals surface area (Å²) < 4.78 is 5.28. The smallest absolute Gasteiger partial charge is 0.317 e. The van der Waals surface area contributed by atoms with Gasteiger partial charge in [-0.3, -0.25) is 0 Å². The lowest BCUT2D eigenvalue weighted by Crippen LogP contribution is -2.50. The number of nitrogens with zero attached hydrogens (tertiary/aromatic N) is 2. The van der Waals surface area contributed by atoms with Crippen molar-refractivity contribution in [3.8, 4) is 5.75 Å². The molecule has 3 rings (SSSR count). The van der Waals surface area contributed by atoms with Gasteiger partial charge in [0.25, 0.3) is 0 Å². The van der Waals surface area contributed by atoms with Crippen molar-refractivity contribution >= 4 is 16.9 Å². The third-order valence-corrected chi connectivity index (χ3v) is 4.44. The Morgan fingerprint density at radius 2 is 2.09 bits per heavy atom. The van der Waals surface area contributed by atoms with Crippen LogP contribution in [0, 0.1) is 0 Å². The topological polar surface area (TPSA) is 60.6 Å². The van der Waals surface area contributed by atoms with Crippen LogP contribution < -0.4 is 10.1 Å². The number of rotatable bonds is 4. The number of aromatic nitrogens is 1. The zero-order valence-corrected chi connectivity index (χ0v) is 13.8. The minimum absolute atomic E-state index is 0.0375. The lowest BCUT2D eigenvalue weighted by atomic mass is 10.1. The molecule has 2 N–H and O–H groups in total. The zero-order valence-electron chi connectivity index (χ0n) is 13.8. The third kappa shape index (κ3) is 3.59. The van der Waals surface area contributed by atoms with E-state index < -0.39 is 0 Å². The fourth-order valence-electron chi connectivity index (χ4n) is 2.92. The predicted molar refractivity (Wildman–Crippen MR) is 91.0 cm³/mol. The van der Waals surface area contributed by atoms with Crippen LogP contribution in [0.5, 0.6) is 5.75 Å². The Kier molecular flexibility index (Phi) is 4.71. The molecule has 1 aliphatic rings. The number of hydrogen-bond acceptors (Lipinski definition) is 3. The summed E-state index contributed by atoms with van der Waals surface area (Å²) in [7, 11) is 3.75. The molecule has 2 aromatic rings. The van der Waals surface area contributed by atoms with Crippen molar-refractivity contribution in [3.05, 3.63) is 30.0 Å². The lowest BCUT2D eigenvalue weighted by Gasteiger charge is -2.32. The third-order valence-electron chi connectivity index (χ3n) is 4.44. The Labute approximate surface area is 136 Å². The van der Waals surface area contributed by atoms with Gasteiger partial charge in [0.05, 0.1) is 7.11 Å². The molecule has 2 amide bonds. The van der Waals surface area contributed by atoms with Gasteiger partial charge in [-0.15, -0.1) is 0 Å². The van der Waals surface area contributed by atoms with E-state index in [4.69, 9.17) is 4.74 Å². The molecule has 124 valence electrons. The van der Waals surface area contributed by atoms with E-state index in [1.54, 1.807) is 7.11 Å². The van der Waals surface area contributed by atoms with Gasteiger partial charge in [0.15, 0.2) is 0 Å². The highest BCUT2D eigenvalue weighted by atomic mass is 16.5. The SMILES string of the molecule is COc1ccc2[nH]cc(CCNC(=O)N3CCN(C)CC3)c2c1. The number of piperazine rings is 1. The molecule has 6 heteroatoms. The molecule has 0 spiro atoms. The number of amides is 2. The maximum atomic E-state index is 12.2. The largest absolute Gasteiger partial charge is 0.497 e. The number of carbonyl (C=O) groups is 1. The molecule has 0 aliphatic carbocycles. The van der Waals surface area contributed by atoms with Crippen LogP contribution in [0.25, 0.3) is 10.9 Å². The molecule has 1 aromatic carbocycles. The molecule has 0 unspecified atom stereocenters. The van der Waals surface area contributed by atoms with E-state index in [-0.39, 0.29) is 6.03 Å².